The van der Waals surface area contributed by atoms with Crippen LogP contribution in [0.1, 0.15) is 30.9 Å². The number of rotatable bonds is 5. The van der Waals surface area contributed by atoms with Gasteiger partial charge in [0.15, 0.2) is 5.82 Å². The van der Waals surface area contributed by atoms with E-state index in [1.165, 1.54) is 35.3 Å². The van der Waals surface area contributed by atoms with Crippen molar-refractivity contribution in [2.24, 2.45) is 0 Å². The number of ether oxygens (including phenoxy) is 1. The molecule has 7 nitrogen and oxygen atoms in total. The fraction of sp³-hybridized carbons (Fsp3) is 0.500. The Bertz CT molecular complexity index is 1050. The SMILES string of the molecule is O=S(=O)(c1cccc(Cl)c1F)N1CCN2C[C@@H](Oc3cnc(C4CC4)cn3)C[C@H]2C1. The normalized spacial score (nSPS) is 25.3. The Balaban J connectivity index is 1.25. The zero-order chi connectivity index (χ0) is 20.9. The van der Waals surface area contributed by atoms with E-state index in [1.54, 1.807) is 12.4 Å². The van der Waals surface area contributed by atoms with E-state index in [0.29, 0.717) is 44.4 Å². The molecule has 2 saturated heterocycles. The molecule has 0 spiro atoms. The van der Waals surface area contributed by atoms with Crippen molar-refractivity contribution in [2.45, 2.75) is 42.2 Å². The average Bonchev–Trinajstić information content (AvgIpc) is 3.50. The maximum Gasteiger partial charge on any atom is 0.246 e. The summed E-state index contributed by atoms with van der Waals surface area (Å²) in [5.41, 5.74) is 1.01. The number of hydrogen-bond acceptors (Lipinski definition) is 6. The Kier molecular flexibility index (Phi) is 5.17. The number of piperazine rings is 1. The molecular weight excluding hydrogens is 431 g/mol. The highest BCUT2D eigenvalue weighted by atomic mass is 35.5. The predicted molar refractivity (Wildman–Crippen MR) is 109 cm³/mol. The Labute approximate surface area is 179 Å². The lowest BCUT2D eigenvalue weighted by atomic mass is 10.2. The third kappa shape index (κ3) is 3.79. The van der Waals surface area contributed by atoms with Gasteiger partial charge >= 0.3 is 0 Å². The summed E-state index contributed by atoms with van der Waals surface area (Å²) in [7, 11) is -3.95. The van der Waals surface area contributed by atoms with E-state index < -0.39 is 15.8 Å². The summed E-state index contributed by atoms with van der Waals surface area (Å²) in [5, 5.41) is -0.196. The molecule has 0 amide bonds. The van der Waals surface area contributed by atoms with Crippen molar-refractivity contribution in [3.05, 3.63) is 47.1 Å². The largest absolute Gasteiger partial charge is 0.472 e. The number of fused-ring (bicyclic) bond motifs is 1. The van der Waals surface area contributed by atoms with Gasteiger partial charge in [-0.05, 0) is 25.0 Å². The van der Waals surface area contributed by atoms with E-state index in [2.05, 4.69) is 14.9 Å². The minimum atomic E-state index is -3.95. The topological polar surface area (TPSA) is 75.6 Å². The molecule has 10 heteroatoms. The number of sulfonamides is 1. The van der Waals surface area contributed by atoms with Crippen molar-refractivity contribution < 1.29 is 17.5 Å². The van der Waals surface area contributed by atoms with Crippen LogP contribution in [0.15, 0.2) is 35.5 Å². The quantitative estimate of drug-likeness (QED) is 0.694. The molecule has 0 bridgehead atoms. The van der Waals surface area contributed by atoms with Crippen LogP contribution in [-0.2, 0) is 10.0 Å². The minimum absolute atomic E-state index is 0.0134. The Morgan fingerprint density at radius 2 is 1.97 bits per heavy atom. The van der Waals surface area contributed by atoms with Gasteiger partial charge in [0.25, 0.3) is 0 Å². The highest BCUT2D eigenvalue weighted by Gasteiger charge is 2.41. The van der Waals surface area contributed by atoms with E-state index in [4.69, 9.17) is 16.3 Å². The second kappa shape index (κ2) is 7.71. The lowest BCUT2D eigenvalue weighted by Crippen LogP contribution is -2.52. The summed E-state index contributed by atoms with van der Waals surface area (Å²) in [6.07, 6.45) is 6.39. The molecule has 2 aromatic rings. The maximum absolute atomic E-state index is 14.3. The van der Waals surface area contributed by atoms with Crippen molar-refractivity contribution in [3.63, 3.8) is 0 Å². The summed E-state index contributed by atoms with van der Waals surface area (Å²) in [4.78, 5) is 10.6. The number of nitrogens with zero attached hydrogens (tertiary/aromatic N) is 4. The van der Waals surface area contributed by atoms with Gasteiger partial charge in [0.05, 0.1) is 23.1 Å². The molecule has 2 atom stereocenters. The molecule has 0 N–H and O–H groups in total. The number of halogens is 2. The van der Waals surface area contributed by atoms with Crippen molar-refractivity contribution >= 4 is 21.6 Å². The number of benzene rings is 1. The summed E-state index contributed by atoms with van der Waals surface area (Å²) < 4.78 is 47.6. The first-order valence-electron chi connectivity index (χ1n) is 10.1. The molecule has 30 heavy (non-hydrogen) atoms. The fourth-order valence-electron chi connectivity index (χ4n) is 4.24. The van der Waals surface area contributed by atoms with Gasteiger partial charge in [0.2, 0.25) is 15.9 Å². The van der Waals surface area contributed by atoms with Crippen LogP contribution in [0.2, 0.25) is 5.02 Å². The summed E-state index contributed by atoms with van der Waals surface area (Å²) in [5.74, 6) is 0.140. The molecule has 1 aromatic carbocycles. The van der Waals surface area contributed by atoms with E-state index in [1.807, 2.05) is 0 Å². The first-order chi connectivity index (χ1) is 14.4. The first-order valence-corrected chi connectivity index (χ1v) is 11.9. The van der Waals surface area contributed by atoms with E-state index in [-0.39, 0.29) is 22.1 Å². The summed E-state index contributed by atoms with van der Waals surface area (Å²) in [6.45, 7) is 1.86. The second-order valence-corrected chi connectivity index (χ2v) is 10.4. The lowest BCUT2D eigenvalue weighted by Gasteiger charge is -2.36. The maximum atomic E-state index is 14.3. The average molecular weight is 453 g/mol. The highest BCUT2D eigenvalue weighted by Crippen LogP contribution is 2.38. The Morgan fingerprint density at radius 1 is 1.13 bits per heavy atom. The molecule has 160 valence electrons. The van der Waals surface area contributed by atoms with Crippen molar-refractivity contribution in [1.29, 1.82) is 0 Å². The van der Waals surface area contributed by atoms with Gasteiger partial charge in [0, 0.05) is 44.6 Å². The zero-order valence-corrected chi connectivity index (χ0v) is 17.8. The molecule has 5 rings (SSSR count). The van der Waals surface area contributed by atoms with E-state index in [0.717, 1.165) is 5.69 Å². The highest BCUT2D eigenvalue weighted by molar-refractivity contribution is 7.89. The smallest absolute Gasteiger partial charge is 0.246 e. The van der Waals surface area contributed by atoms with Gasteiger partial charge in [-0.3, -0.25) is 9.88 Å². The number of hydrogen-bond donors (Lipinski definition) is 0. The van der Waals surface area contributed by atoms with Crippen LogP contribution in [0.4, 0.5) is 4.39 Å². The molecule has 3 fully saturated rings. The van der Waals surface area contributed by atoms with Crippen LogP contribution in [0.3, 0.4) is 0 Å². The van der Waals surface area contributed by atoms with Crippen molar-refractivity contribution in [1.82, 2.24) is 19.2 Å². The van der Waals surface area contributed by atoms with Gasteiger partial charge < -0.3 is 4.74 Å². The molecule has 1 saturated carbocycles. The number of aromatic nitrogens is 2. The van der Waals surface area contributed by atoms with E-state index in [9.17, 15) is 12.8 Å². The third-order valence-electron chi connectivity index (χ3n) is 6.01. The third-order valence-corrected chi connectivity index (χ3v) is 8.18. The monoisotopic (exact) mass is 452 g/mol. The van der Waals surface area contributed by atoms with E-state index >= 15 is 0 Å². The lowest BCUT2D eigenvalue weighted by molar-refractivity contribution is 0.151. The first kappa shape index (κ1) is 20.1. The standard InChI is InChI=1S/C20H22ClFN4O3S/c21-16-2-1-3-18(20(16)22)30(27,28)26-7-6-25-12-15(8-14(25)11-26)29-19-10-23-17(9-24-19)13-4-5-13/h1-3,9-10,13-15H,4-8,11-12H2/t14-,15-/m0/s1. The van der Waals surface area contributed by atoms with Crippen LogP contribution >= 0.6 is 11.6 Å². The molecule has 1 aliphatic carbocycles. The molecule has 0 unspecified atom stereocenters. The fourth-order valence-corrected chi connectivity index (χ4v) is 6.03. The van der Waals surface area contributed by atoms with Gasteiger partial charge in [0.1, 0.15) is 11.0 Å². The van der Waals surface area contributed by atoms with Crippen LogP contribution in [-0.4, -0.2) is 65.9 Å². The van der Waals surface area contributed by atoms with Crippen LogP contribution in [0.5, 0.6) is 5.88 Å². The van der Waals surface area contributed by atoms with Gasteiger partial charge in [-0.1, -0.05) is 17.7 Å². The predicted octanol–water partition coefficient (Wildman–Crippen LogP) is 2.67. The second-order valence-electron chi connectivity index (χ2n) is 8.09. The summed E-state index contributed by atoms with van der Waals surface area (Å²) >= 11 is 5.78. The van der Waals surface area contributed by atoms with Crippen LogP contribution < -0.4 is 4.74 Å². The Morgan fingerprint density at radius 3 is 2.70 bits per heavy atom. The minimum Gasteiger partial charge on any atom is -0.472 e. The van der Waals surface area contributed by atoms with Gasteiger partial charge in [-0.2, -0.15) is 4.31 Å². The summed E-state index contributed by atoms with van der Waals surface area (Å²) in [6, 6.07) is 4.06. The molecule has 0 radical (unpaired) electrons. The Hall–Kier alpha value is -1.81. The van der Waals surface area contributed by atoms with Gasteiger partial charge in [-0.15, -0.1) is 0 Å². The zero-order valence-electron chi connectivity index (χ0n) is 16.2. The molecule has 1 aromatic heterocycles. The molecule has 3 aliphatic rings. The van der Waals surface area contributed by atoms with Crippen molar-refractivity contribution in [2.75, 3.05) is 26.2 Å². The molecule has 2 aliphatic heterocycles. The van der Waals surface area contributed by atoms with Crippen LogP contribution in [0, 0.1) is 5.82 Å². The van der Waals surface area contributed by atoms with Crippen molar-refractivity contribution in [3.8, 4) is 5.88 Å². The van der Waals surface area contributed by atoms with Crippen LogP contribution in [0.25, 0.3) is 0 Å². The van der Waals surface area contributed by atoms with Gasteiger partial charge in [-0.25, -0.2) is 17.8 Å². The molecule has 3 heterocycles. The molecular formula is C20H22ClFN4O3S.